The molecule has 0 amide bonds. The molecule has 0 unspecified atom stereocenters. The molecule has 104 valence electrons. The second-order valence-electron chi connectivity index (χ2n) is 4.79. The van der Waals surface area contributed by atoms with Crippen LogP contribution in [-0.2, 0) is 10.0 Å². The highest BCUT2D eigenvalue weighted by atomic mass is 32.2. The number of guanidine groups is 1. The largest absolute Gasteiger partial charge is 0.369 e. The van der Waals surface area contributed by atoms with Crippen LogP contribution in [0.25, 0.3) is 0 Å². The van der Waals surface area contributed by atoms with Crippen LogP contribution in [0.1, 0.15) is 24.8 Å². The van der Waals surface area contributed by atoms with Gasteiger partial charge >= 0.3 is 0 Å². The van der Waals surface area contributed by atoms with Gasteiger partial charge in [-0.2, -0.15) is 8.42 Å². The lowest BCUT2D eigenvalue weighted by Crippen LogP contribution is -2.41. The fourth-order valence-corrected chi connectivity index (χ4v) is 3.01. The Kier molecular flexibility index (Phi) is 4.09. The number of sulfonamides is 1. The zero-order valence-electron chi connectivity index (χ0n) is 11.0. The number of hydrogen-bond donors (Lipinski definition) is 1. The zero-order valence-corrected chi connectivity index (χ0v) is 11.9. The average Bonchev–Trinajstić information content (AvgIpc) is 2.40. The first-order valence-electron chi connectivity index (χ1n) is 6.41. The highest BCUT2D eigenvalue weighted by Gasteiger charge is 2.17. The van der Waals surface area contributed by atoms with Crippen molar-refractivity contribution < 1.29 is 8.42 Å². The van der Waals surface area contributed by atoms with Gasteiger partial charge in [0.15, 0.2) is 0 Å². The maximum Gasteiger partial charge on any atom is 0.285 e. The van der Waals surface area contributed by atoms with Gasteiger partial charge in [0, 0.05) is 13.1 Å². The van der Waals surface area contributed by atoms with E-state index in [2.05, 4.69) is 4.40 Å². The Hall–Kier alpha value is -1.56. The van der Waals surface area contributed by atoms with Crippen molar-refractivity contribution in [2.75, 3.05) is 13.1 Å². The molecule has 1 aliphatic rings. The highest BCUT2D eigenvalue weighted by Crippen LogP contribution is 2.14. The Morgan fingerprint density at radius 1 is 1.16 bits per heavy atom. The van der Waals surface area contributed by atoms with Gasteiger partial charge in [-0.1, -0.05) is 17.7 Å². The second kappa shape index (κ2) is 5.61. The molecule has 2 rings (SSSR count). The lowest BCUT2D eigenvalue weighted by atomic mass is 10.1. The molecule has 1 aromatic rings. The van der Waals surface area contributed by atoms with E-state index in [0.29, 0.717) is 0 Å². The van der Waals surface area contributed by atoms with Crippen molar-refractivity contribution in [1.29, 1.82) is 0 Å². The van der Waals surface area contributed by atoms with Gasteiger partial charge in [0.1, 0.15) is 0 Å². The number of likely N-dealkylation sites (tertiary alicyclic amines) is 1. The molecule has 0 spiro atoms. The maximum absolute atomic E-state index is 12.1. The third-order valence-corrected chi connectivity index (χ3v) is 4.51. The van der Waals surface area contributed by atoms with E-state index in [1.165, 1.54) is 0 Å². The normalized spacial score (nSPS) is 17.5. The van der Waals surface area contributed by atoms with Gasteiger partial charge in [0.25, 0.3) is 10.0 Å². The van der Waals surface area contributed by atoms with E-state index >= 15 is 0 Å². The summed E-state index contributed by atoms with van der Waals surface area (Å²) in [6.07, 6.45) is 3.22. The predicted octanol–water partition coefficient (Wildman–Crippen LogP) is 1.48. The van der Waals surface area contributed by atoms with E-state index in [1.807, 2.05) is 11.8 Å². The summed E-state index contributed by atoms with van der Waals surface area (Å²) >= 11 is 0. The smallest absolute Gasteiger partial charge is 0.285 e. The number of hydrogen-bond acceptors (Lipinski definition) is 2. The fourth-order valence-electron chi connectivity index (χ4n) is 2.07. The lowest BCUT2D eigenvalue weighted by molar-refractivity contribution is 0.339. The van der Waals surface area contributed by atoms with Gasteiger partial charge in [-0.05, 0) is 38.3 Å². The zero-order chi connectivity index (χ0) is 13.9. The number of rotatable bonds is 2. The topological polar surface area (TPSA) is 75.8 Å². The Labute approximate surface area is 114 Å². The Morgan fingerprint density at radius 2 is 1.74 bits per heavy atom. The van der Waals surface area contributed by atoms with Crippen LogP contribution in [0.3, 0.4) is 0 Å². The molecule has 0 saturated carbocycles. The summed E-state index contributed by atoms with van der Waals surface area (Å²) in [5.41, 5.74) is 6.80. The van der Waals surface area contributed by atoms with Crippen LogP contribution in [0, 0.1) is 6.92 Å². The summed E-state index contributed by atoms with van der Waals surface area (Å²) in [5.74, 6) is 0.0975. The molecule has 6 heteroatoms. The van der Waals surface area contributed by atoms with Crippen LogP contribution in [0.2, 0.25) is 0 Å². The highest BCUT2D eigenvalue weighted by molar-refractivity contribution is 7.90. The summed E-state index contributed by atoms with van der Waals surface area (Å²) in [6, 6.07) is 6.61. The standard InChI is InChI=1S/C13H19N3O2S/c1-11-5-7-12(8-6-11)19(17,18)15-13(14)16-9-3-2-4-10-16/h5-8H,2-4,9-10H2,1H3,(H2,14,15). The molecule has 0 aliphatic carbocycles. The molecule has 5 nitrogen and oxygen atoms in total. The first kappa shape index (κ1) is 13.9. The number of piperidine rings is 1. The van der Waals surface area contributed by atoms with E-state index in [-0.39, 0.29) is 10.9 Å². The molecular formula is C13H19N3O2S. The summed E-state index contributed by atoms with van der Waals surface area (Å²) in [5, 5.41) is 0. The third kappa shape index (κ3) is 3.47. The van der Waals surface area contributed by atoms with E-state index < -0.39 is 10.0 Å². The molecule has 0 radical (unpaired) electrons. The van der Waals surface area contributed by atoms with Crippen molar-refractivity contribution >= 4 is 16.0 Å². The van der Waals surface area contributed by atoms with Crippen LogP contribution in [0.15, 0.2) is 33.6 Å². The fraction of sp³-hybridized carbons (Fsp3) is 0.462. The molecule has 2 N–H and O–H groups in total. The third-order valence-electron chi connectivity index (χ3n) is 3.21. The summed E-state index contributed by atoms with van der Waals surface area (Å²) in [7, 11) is -3.70. The van der Waals surface area contributed by atoms with Crippen molar-refractivity contribution in [1.82, 2.24) is 4.90 Å². The van der Waals surface area contributed by atoms with Gasteiger partial charge in [0.2, 0.25) is 5.96 Å². The van der Waals surface area contributed by atoms with Gasteiger partial charge in [-0.3, -0.25) is 0 Å². The van der Waals surface area contributed by atoms with Crippen LogP contribution < -0.4 is 5.73 Å². The molecule has 1 heterocycles. The Bertz CT molecular complexity index is 558. The van der Waals surface area contributed by atoms with Crippen molar-refractivity contribution in [3.8, 4) is 0 Å². The van der Waals surface area contributed by atoms with E-state index in [9.17, 15) is 8.42 Å². The van der Waals surface area contributed by atoms with Gasteiger partial charge in [0.05, 0.1) is 4.90 Å². The van der Waals surface area contributed by atoms with Crippen LogP contribution >= 0.6 is 0 Å². The summed E-state index contributed by atoms with van der Waals surface area (Å²) in [6.45, 7) is 3.46. The van der Waals surface area contributed by atoms with Crippen LogP contribution in [-0.4, -0.2) is 32.4 Å². The van der Waals surface area contributed by atoms with Gasteiger partial charge < -0.3 is 10.6 Å². The van der Waals surface area contributed by atoms with E-state index in [0.717, 1.165) is 37.9 Å². The molecule has 1 fully saturated rings. The van der Waals surface area contributed by atoms with Crippen molar-refractivity contribution in [3.63, 3.8) is 0 Å². The van der Waals surface area contributed by atoms with E-state index in [4.69, 9.17) is 5.73 Å². The number of nitrogens with two attached hydrogens (primary N) is 1. The molecular weight excluding hydrogens is 262 g/mol. The number of aryl methyl sites for hydroxylation is 1. The maximum atomic E-state index is 12.1. The quantitative estimate of drug-likeness (QED) is 0.658. The molecule has 1 aromatic carbocycles. The average molecular weight is 281 g/mol. The number of benzene rings is 1. The molecule has 1 saturated heterocycles. The van der Waals surface area contributed by atoms with Crippen molar-refractivity contribution in [2.24, 2.45) is 10.1 Å². The minimum absolute atomic E-state index is 0.0975. The molecule has 19 heavy (non-hydrogen) atoms. The van der Waals surface area contributed by atoms with Crippen molar-refractivity contribution in [3.05, 3.63) is 29.8 Å². The predicted molar refractivity (Wildman–Crippen MR) is 75.4 cm³/mol. The lowest BCUT2D eigenvalue weighted by Gasteiger charge is -2.27. The molecule has 0 bridgehead atoms. The Balaban J connectivity index is 2.22. The van der Waals surface area contributed by atoms with Crippen molar-refractivity contribution in [2.45, 2.75) is 31.1 Å². The first-order chi connectivity index (χ1) is 8.99. The monoisotopic (exact) mass is 281 g/mol. The SMILES string of the molecule is Cc1ccc(S(=O)(=O)/N=C(\N)N2CCCCC2)cc1. The minimum atomic E-state index is -3.70. The second-order valence-corrected chi connectivity index (χ2v) is 6.39. The van der Waals surface area contributed by atoms with Crippen LogP contribution in [0.5, 0.6) is 0 Å². The van der Waals surface area contributed by atoms with Gasteiger partial charge in [-0.25, -0.2) is 0 Å². The number of nitrogens with zero attached hydrogens (tertiary/aromatic N) is 2. The molecule has 0 atom stereocenters. The van der Waals surface area contributed by atoms with Gasteiger partial charge in [-0.15, -0.1) is 4.40 Å². The molecule has 1 aliphatic heterocycles. The minimum Gasteiger partial charge on any atom is -0.369 e. The molecule has 0 aromatic heterocycles. The van der Waals surface area contributed by atoms with Crippen LogP contribution in [0.4, 0.5) is 0 Å². The van der Waals surface area contributed by atoms with E-state index in [1.54, 1.807) is 24.3 Å². The summed E-state index contributed by atoms with van der Waals surface area (Å²) in [4.78, 5) is 2.01. The Morgan fingerprint density at radius 3 is 2.32 bits per heavy atom. The summed E-state index contributed by atoms with van der Waals surface area (Å²) < 4.78 is 27.9. The first-order valence-corrected chi connectivity index (χ1v) is 7.85.